The van der Waals surface area contributed by atoms with E-state index >= 15 is 0 Å². The third-order valence-electron chi connectivity index (χ3n) is 3.02. The van der Waals surface area contributed by atoms with Gasteiger partial charge in [0.15, 0.2) is 0 Å². The molecule has 0 saturated carbocycles. The van der Waals surface area contributed by atoms with E-state index in [1.165, 1.54) is 0 Å². The minimum Gasteiger partial charge on any atom is -0.481 e. The van der Waals surface area contributed by atoms with Crippen molar-refractivity contribution in [3.05, 3.63) is 18.2 Å². The molecule has 1 aliphatic rings. The minimum atomic E-state index is -0.749. The third-order valence-corrected chi connectivity index (χ3v) is 3.02. The van der Waals surface area contributed by atoms with Gasteiger partial charge >= 0.3 is 5.97 Å². The molecule has 0 atom stereocenters. The number of carbonyl (C=O) groups is 1. The number of aliphatic carboxylic acids is 1. The van der Waals surface area contributed by atoms with Crippen LogP contribution in [0.2, 0.25) is 0 Å². The zero-order chi connectivity index (χ0) is 11.8. The number of imidazole rings is 1. The summed E-state index contributed by atoms with van der Waals surface area (Å²) in [6, 6.07) is 0. The van der Waals surface area contributed by atoms with Crippen LogP contribution in [0.5, 0.6) is 0 Å². The predicted octanol–water partition coefficient (Wildman–Crippen LogP) is 0.809. The van der Waals surface area contributed by atoms with Gasteiger partial charge in [-0.05, 0) is 13.8 Å². The Bertz CT molecular complexity index is 398. The maximum atomic E-state index is 11.0. The molecule has 5 heteroatoms. The molecule has 1 aliphatic heterocycles. The number of carboxylic acids is 1. The fraction of sp³-hybridized carbons (Fsp3) is 0.636. The number of fused-ring (bicyclic) bond motifs is 1. The average molecular weight is 223 g/mol. The molecular weight excluding hydrogens is 206 g/mol. The van der Waals surface area contributed by atoms with E-state index in [2.05, 4.69) is 14.5 Å². The molecule has 0 spiro atoms. The first-order valence-corrected chi connectivity index (χ1v) is 5.45. The molecule has 2 heterocycles. The largest absolute Gasteiger partial charge is 0.481 e. The third kappa shape index (κ3) is 2.09. The molecule has 0 aliphatic carbocycles. The Morgan fingerprint density at radius 3 is 3.00 bits per heavy atom. The highest BCUT2D eigenvalue weighted by Gasteiger charge is 2.31. The van der Waals surface area contributed by atoms with Crippen molar-refractivity contribution >= 4 is 5.97 Å². The molecule has 0 amide bonds. The molecule has 0 bridgehead atoms. The Morgan fingerprint density at radius 2 is 2.31 bits per heavy atom. The maximum absolute atomic E-state index is 11.0. The first-order chi connectivity index (χ1) is 7.49. The zero-order valence-electron chi connectivity index (χ0n) is 9.68. The maximum Gasteiger partial charge on any atom is 0.310 e. The smallest absolute Gasteiger partial charge is 0.310 e. The summed E-state index contributed by atoms with van der Waals surface area (Å²) >= 11 is 0. The van der Waals surface area contributed by atoms with Gasteiger partial charge in [0.05, 0.1) is 12.0 Å². The van der Waals surface area contributed by atoms with Crippen LogP contribution in [0.3, 0.4) is 0 Å². The molecule has 16 heavy (non-hydrogen) atoms. The average Bonchev–Trinajstić information content (AvgIpc) is 2.63. The molecular formula is C11H17N3O2. The van der Waals surface area contributed by atoms with Crippen molar-refractivity contribution in [3.8, 4) is 0 Å². The lowest BCUT2D eigenvalue weighted by Gasteiger charge is -2.32. The Morgan fingerprint density at radius 1 is 1.56 bits per heavy atom. The van der Waals surface area contributed by atoms with Crippen molar-refractivity contribution in [2.75, 3.05) is 13.1 Å². The summed E-state index contributed by atoms with van der Waals surface area (Å²) in [7, 11) is 0. The van der Waals surface area contributed by atoms with Gasteiger partial charge in [0.1, 0.15) is 5.82 Å². The van der Waals surface area contributed by atoms with Gasteiger partial charge in [-0.2, -0.15) is 0 Å². The number of carboxylic acid groups (broad SMARTS) is 1. The number of aromatic nitrogens is 2. The highest BCUT2D eigenvalue weighted by atomic mass is 16.4. The fourth-order valence-corrected chi connectivity index (χ4v) is 1.99. The van der Waals surface area contributed by atoms with Crippen molar-refractivity contribution in [1.29, 1.82) is 0 Å². The van der Waals surface area contributed by atoms with E-state index in [1.54, 1.807) is 20.0 Å². The van der Waals surface area contributed by atoms with Crippen LogP contribution in [0.15, 0.2) is 12.4 Å². The number of nitrogens with zero attached hydrogens (tertiary/aromatic N) is 3. The van der Waals surface area contributed by atoms with Crippen LogP contribution >= 0.6 is 0 Å². The molecule has 1 N–H and O–H groups in total. The van der Waals surface area contributed by atoms with E-state index in [0.717, 1.165) is 25.5 Å². The van der Waals surface area contributed by atoms with Gasteiger partial charge in [-0.15, -0.1) is 0 Å². The fourth-order valence-electron chi connectivity index (χ4n) is 1.99. The summed E-state index contributed by atoms with van der Waals surface area (Å²) in [6.45, 7) is 6.61. The molecule has 1 aromatic heterocycles. The van der Waals surface area contributed by atoms with Crippen LogP contribution in [-0.4, -0.2) is 38.6 Å². The van der Waals surface area contributed by atoms with Crippen molar-refractivity contribution in [2.24, 2.45) is 5.41 Å². The normalized spacial score (nSPS) is 17.1. The summed E-state index contributed by atoms with van der Waals surface area (Å²) < 4.78 is 2.12. The van der Waals surface area contributed by atoms with Crippen LogP contribution in [0.25, 0.3) is 0 Å². The van der Waals surface area contributed by atoms with Gasteiger partial charge in [-0.3, -0.25) is 9.69 Å². The number of hydrogen-bond acceptors (Lipinski definition) is 3. The van der Waals surface area contributed by atoms with Crippen LogP contribution in [0, 0.1) is 5.41 Å². The second-order valence-corrected chi connectivity index (χ2v) is 4.94. The summed E-state index contributed by atoms with van der Waals surface area (Å²) in [6.07, 6.45) is 3.76. The van der Waals surface area contributed by atoms with E-state index in [4.69, 9.17) is 5.11 Å². The first kappa shape index (κ1) is 11.1. The lowest BCUT2D eigenvalue weighted by atomic mass is 9.93. The van der Waals surface area contributed by atoms with Crippen LogP contribution in [0.4, 0.5) is 0 Å². The van der Waals surface area contributed by atoms with Gasteiger partial charge in [0.2, 0.25) is 0 Å². The lowest BCUT2D eigenvalue weighted by molar-refractivity contribution is -0.148. The van der Waals surface area contributed by atoms with E-state index in [-0.39, 0.29) is 0 Å². The Kier molecular flexibility index (Phi) is 2.71. The monoisotopic (exact) mass is 223 g/mol. The standard InChI is InChI=1S/C11H17N3O2/c1-11(2,10(15)16)8-13-5-6-14-4-3-12-9(14)7-13/h3-4H,5-8H2,1-2H3,(H,15,16). The Hall–Kier alpha value is -1.36. The van der Waals surface area contributed by atoms with Crippen LogP contribution < -0.4 is 0 Å². The summed E-state index contributed by atoms with van der Waals surface area (Å²) in [5, 5.41) is 9.08. The van der Waals surface area contributed by atoms with Crippen molar-refractivity contribution in [1.82, 2.24) is 14.5 Å². The van der Waals surface area contributed by atoms with Gasteiger partial charge < -0.3 is 9.67 Å². The van der Waals surface area contributed by atoms with Gasteiger partial charge in [-0.25, -0.2) is 4.98 Å². The topological polar surface area (TPSA) is 58.4 Å². The minimum absolute atomic E-state index is 0.565. The summed E-state index contributed by atoms with van der Waals surface area (Å²) in [5.74, 6) is 0.272. The first-order valence-electron chi connectivity index (χ1n) is 5.45. The van der Waals surface area contributed by atoms with Crippen LogP contribution in [-0.2, 0) is 17.9 Å². The Labute approximate surface area is 94.7 Å². The van der Waals surface area contributed by atoms with Crippen molar-refractivity contribution < 1.29 is 9.90 Å². The van der Waals surface area contributed by atoms with E-state index in [9.17, 15) is 4.79 Å². The quantitative estimate of drug-likeness (QED) is 0.823. The summed E-state index contributed by atoms with van der Waals surface area (Å²) in [4.78, 5) is 17.4. The zero-order valence-corrected chi connectivity index (χ0v) is 9.68. The summed E-state index contributed by atoms with van der Waals surface area (Å²) in [5.41, 5.74) is -0.700. The van der Waals surface area contributed by atoms with Gasteiger partial charge in [0.25, 0.3) is 0 Å². The molecule has 1 aromatic rings. The molecule has 0 saturated heterocycles. The molecule has 5 nitrogen and oxygen atoms in total. The van der Waals surface area contributed by atoms with E-state index in [1.807, 2.05) is 6.20 Å². The highest BCUT2D eigenvalue weighted by molar-refractivity contribution is 5.73. The van der Waals surface area contributed by atoms with Crippen LogP contribution in [0.1, 0.15) is 19.7 Å². The predicted molar refractivity (Wildman–Crippen MR) is 58.9 cm³/mol. The molecule has 2 rings (SSSR count). The lowest BCUT2D eigenvalue weighted by Crippen LogP contribution is -2.42. The molecule has 0 aromatic carbocycles. The van der Waals surface area contributed by atoms with Gasteiger partial charge in [0, 0.05) is 32.0 Å². The molecule has 0 radical (unpaired) electrons. The van der Waals surface area contributed by atoms with E-state index in [0.29, 0.717) is 6.54 Å². The number of hydrogen-bond donors (Lipinski definition) is 1. The highest BCUT2D eigenvalue weighted by Crippen LogP contribution is 2.20. The van der Waals surface area contributed by atoms with Crippen molar-refractivity contribution in [3.63, 3.8) is 0 Å². The second-order valence-electron chi connectivity index (χ2n) is 4.94. The SMILES string of the molecule is CC(C)(CN1CCn2ccnc2C1)C(=O)O. The van der Waals surface area contributed by atoms with Crippen molar-refractivity contribution in [2.45, 2.75) is 26.9 Å². The number of rotatable bonds is 3. The second kappa shape index (κ2) is 3.90. The van der Waals surface area contributed by atoms with E-state index < -0.39 is 11.4 Å². The molecule has 88 valence electrons. The van der Waals surface area contributed by atoms with Gasteiger partial charge in [-0.1, -0.05) is 0 Å². The Balaban J connectivity index is 2.02. The molecule has 0 fully saturated rings. The molecule has 0 unspecified atom stereocenters.